The van der Waals surface area contributed by atoms with Gasteiger partial charge in [0.05, 0.1) is 9.79 Å². The Morgan fingerprint density at radius 1 is 0.276 bits per heavy atom. The number of azide groups is 2. The SMILES string of the molecule is [N-]=[N+]=Nc1ccc(S(=O)(=O)[O-])cc1.[N-]=[N+]=Nc1ccc(S(=O)(=O)[O-])cc1.c1ccc([P+](c2ccccc2)(c2ccccc2)c2ccccc2)cc1.c1ccc([P+](c2ccccc2)(c2ccccc2)c2ccccc2)cc1. The van der Waals surface area contributed by atoms with Crippen molar-refractivity contribution in [3.05, 3.63) is 312 Å². The van der Waals surface area contributed by atoms with Crippen molar-refractivity contribution in [1.82, 2.24) is 0 Å². The van der Waals surface area contributed by atoms with Crippen molar-refractivity contribution in [3.63, 3.8) is 0 Å². The average Bonchev–Trinajstić information content (AvgIpc) is 3.51. The smallest absolute Gasteiger partial charge is 0.144 e. The van der Waals surface area contributed by atoms with Crippen molar-refractivity contribution in [3.8, 4) is 0 Å². The van der Waals surface area contributed by atoms with Crippen LogP contribution in [0, 0.1) is 0 Å². The van der Waals surface area contributed by atoms with Crippen LogP contribution in [0.25, 0.3) is 20.9 Å². The lowest BCUT2D eigenvalue weighted by molar-refractivity contribution is 0.461. The standard InChI is InChI=1S/2C24H20P.2C6H5N3O3S/c2*1-5-13-21(14-6-1)25(22-15-7-2-8-16-22,23-17-9-3-10-18-23)24-19-11-4-12-20-24;2*7-9-8-5-1-3-6(4-2-5)13(10,11)12/h2*1-20H;2*1-4H,(H,10,11,12)/q2*+1;;/p-2. The van der Waals surface area contributed by atoms with Crippen molar-refractivity contribution in [2.24, 2.45) is 10.2 Å². The Kier molecular flexibility index (Phi) is 19.4. The van der Waals surface area contributed by atoms with Gasteiger partial charge in [-0.1, -0.05) is 180 Å². The van der Waals surface area contributed by atoms with E-state index >= 15 is 0 Å². The van der Waals surface area contributed by atoms with Gasteiger partial charge in [0.2, 0.25) is 0 Å². The van der Waals surface area contributed by atoms with E-state index in [1.54, 1.807) is 0 Å². The van der Waals surface area contributed by atoms with Crippen LogP contribution in [-0.2, 0) is 20.2 Å². The molecule has 0 aromatic heterocycles. The molecule has 0 spiro atoms. The summed E-state index contributed by atoms with van der Waals surface area (Å²) in [5.41, 5.74) is 16.6. The predicted octanol–water partition coefficient (Wildman–Crippen LogP) is 11.7. The van der Waals surface area contributed by atoms with Crippen LogP contribution in [0.15, 0.2) is 311 Å². The maximum absolute atomic E-state index is 10.4. The summed E-state index contributed by atoms with van der Waals surface area (Å²) in [5, 5.41) is 17.5. The normalized spacial score (nSPS) is 11.0. The molecule has 10 rings (SSSR count). The Morgan fingerprint density at radius 3 is 0.566 bits per heavy atom. The molecule has 0 amide bonds. The molecule has 0 atom stereocenters. The van der Waals surface area contributed by atoms with E-state index in [9.17, 15) is 25.9 Å². The van der Waals surface area contributed by atoms with E-state index in [2.05, 4.69) is 263 Å². The summed E-state index contributed by atoms with van der Waals surface area (Å²) in [7, 11) is -12.6. The first-order chi connectivity index (χ1) is 36.9. The van der Waals surface area contributed by atoms with Crippen molar-refractivity contribution in [2.75, 3.05) is 0 Å². The summed E-state index contributed by atoms with van der Waals surface area (Å²) in [4.78, 5) is 4.30. The van der Waals surface area contributed by atoms with Crippen LogP contribution in [0.4, 0.5) is 11.4 Å². The molecule has 0 saturated carbocycles. The van der Waals surface area contributed by atoms with E-state index < -0.39 is 34.8 Å². The third-order valence-electron chi connectivity index (χ3n) is 11.7. The predicted molar refractivity (Wildman–Crippen MR) is 309 cm³/mol. The van der Waals surface area contributed by atoms with Crippen LogP contribution in [0.5, 0.6) is 0 Å². The van der Waals surface area contributed by atoms with Gasteiger partial charge in [-0.2, -0.15) is 0 Å². The van der Waals surface area contributed by atoms with Gasteiger partial charge < -0.3 is 9.11 Å². The fourth-order valence-corrected chi connectivity index (χ4v) is 17.9. The number of rotatable bonds is 12. The highest BCUT2D eigenvalue weighted by Gasteiger charge is 2.48. The number of benzene rings is 10. The summed E-state index contributed by atoms with van der Waals surface area (Å²) in [6.07, 6.45) is 0. The topological polar surface area (TPSA) is 212 Å². The molecular formula is C60H48N6O6P2S2. The molecule has 0 heterocycles. The second-order valence-electron chi connectivity index (χ2n) is 16.3. The summed E-state index contributed by atoms with van der Waals surface area (Å²) >= 11 is 0. The van der Waals surface area contributed by atoms with E-state index in [0.717, 1.165) is 24.3 Å². The van der Waals surface area contributed by atoms with E-state index in [-0.39, 0.29) is 21.2 Å². The molecule has 0 N–H and O–H groups in total. The van der Waals surface area contributed by atoms with Crippen LogP contribution in [0.3, 0.4) is 0 Å². The molecule has 0 aliphatic heterocycles. The van der Waals surface area contributed by atoms with Gasteiger partial charge in [-0.25, -0.2) is 16.8 Å². The van der Waals surface area contributed by atoms with Gasteiger partial charge in [0, 0.05) is 21.2 Å². The largest absolute Gasteiger partial charge is 0.744 e. The third kappa shape index (κ3) is 13.6. The molecule has 0 fully saturated rings. The van der Waals surface area contributed by atoms with Gasteiger partial charge in [-0.15, -0.1) is 0 Å². The molecule has 12 nitrogen and oxygen atoms in total. The zero-order valence-electron chi connectivity index (χ0n) is 40.6. The highest BCUT2D eigenvalue weighted by molar-refractivity contribution is 8.02. The van der Waals surface area contributed by atoms with Crippen molar-refractivity contribution < 1.29 is 25.9 Å². The minimum atomic E-state index is -4.42. The summed E-state index contributed by atoms with van der Waals surface area (Å²) < 4.78 is 62.7. The maximum atomic E-state index is 10.4. The molecule has 10 aromatic carbocycles. The first-order valence-electron chi connectivity index (χ1n) is 23.4. The fraction of sp³-hybridized carbons (Fsp3) is 0. The molecule has 76 heavy (non-hydrogen) atoms. The molecule has 16 heteroatoms. The van der Waals surface area contributed by atoms with Crippen molar-refractivity contribution >= 4 is 88.6 Å². The van der Waals surface area contributed by atoms with Crippen molar-refractivity contribution in [1.29, 1.82) is 0 Å². The first kappa shape index (κ1) is 55.3. The van der Waals surface area contributed by atoms with Crippen LogP contribution >= 0.6 is 14.5 Å². The lowest BCUT2D eigenvalue weighted by Gasteiger charge is -2.27. The Balaban J connectivity index is 0.000000155. The number of hydrogen-bond acceptors (Lipinski definition) is 8. The van der Waals surface area contributed by atoms with Crippen LogP contribution in [-0.4, -0.2) is 25.9 Å². The molecule has 10 aromatic rings. The Morgan fingerprint density at radius 2 is 0.434 bits per heavy atom. The molecule has 376 valence electrons. The lowest BCUT2D eigenvalue weighted by atomic mass is 10.3. The van der Waals surface area contributed by atoms with Gasteiger partial charge in [0.25, 0.3) is 0 Å². The molecule has 0 aliphatic carbocycles. The summed E-state index contributed by atoms with van der Waals surface area (Å²) in [6, 6.07) is 97.0. The fourth-order valence-electron chi connectivity index (χ4n) is 8.46. The van der Waals surface area contributed by atoms with Gasteiger partial charge in [0.1, 0.15) is 77.2 Å². The van der Waals surface area contributed by atoms with Gasteiger partial charge in [0.15, 0.2) is 0 Å². The van der Waals surface area contributed by atoms with Crippen LogP contribution < -0.4 is 42.4 Å². The van der Waals surface area contributed by atoms with Crippen LogP contribution in [0.2, 0.25) is 0 Å². The summed E-state index contributed by atoms with van der Waals surface area (Å²) in [6.45, 7) is 0. The van der Waals surface area contributed by atoms with E-state index in [1.807, 2.05) is 0 Å². The highest BCUT2D eigenvalue weighted by atomic mass is 32.2. The zero-order chi connectivity index (χ0) is 53.7. The van der Waals surface area contributed by atoms with Crippen LogP contribution in [0.1, 0.15) is 0 Å². The second-order valence-corrected chi connectivity index (χ2v) is 25.9. The molecular weight excluding hydrogens is 1030 g/mol. The minimum absolute atomic E-state index is 0.259. The zero-order valence-corrected chi connectivity index (χ0v) is 44.0. The monoisotopic (exact) mass is 1070 g/mol. The Hall–Kier alpha value is -8.50. The van der Waals surface area contributed by atoms with Crippen molar-refractivity contribution in [2.45, 2.75) is 9.79 Å². The second kappa shape index (κ2) is 26.6. The Bertz CT molecular complexity index is 3150. The minimum Gasteiger partial charge on any atom is -0.744 e. The first-order valence-corrected chi connectivity index (χ1v) is 29.8. The molecule has 0 aliphatic rings. The van der Waals surface area contributed by atoms with Gasteiger partial charge in [-0.3, -0.25) is 0 Å². The quantitative estimate of drug-likeness (QED) is 0.0381. The van der Waals surface area contributed by atoms with Gasteiger partial charge >= 0.3 is 0 Å². The lowest BCUT2D eigenvalue weighted by Crippen LogP contribution is -2.38. The molecule has 0 unspecified atom stereocenters. The highest BCUT2D eigenvalue weighted by Crippen LogP contribution is 2.55. The van der Waals surface area contributed by atoms with Gasteiger partial charge in [-0.05, 0) is 132 Å². The third-order valence-corrected chi connectivity index (χ3v) is 22.0. The van der Waals surface area contributed by atoms with E-state index in [4.69, 9.17) is 11.1 Å². The number of hydrogen-bond donors (Lipinski definition) is 0. The number of nitrogens with zero attached hydrogens (tertiary/aromatic N) is 6. The molecule has 0 radical (unpaired) electrons. The Labute approximate surface area is 444 Å². The van der Waals surface area contributed by atoms with E-state index in [0.29, 0.717) is 0 Å². The maximum Gasteiger partial charge on any atom is 0.144 e. The summed E-state index contributed by atoms with van der Waals surface area (Å²) in [5.74, 6) is 0. The molecule has 0 saturated heterocycles. The molecule has 0 bridgehead atoms. The van der Waals surface area contributed by atoms with E-state index in [1.165, 1.54) is 66.7 Å². The average molecular weight is 1080 g/mol.